The first-order chi connectivity index (χ1) is 29.4. The molecular formula is C51H72N2O8. The summed E-state index contributed by atoms with van der Waals surface area (Å²) in [5, 5.41) is 83.7. The van der Waals surface area contributed by atoms with Crippen LogP contribution in [0.15, 0.2) is 77.9 Å². The zero-order valence-electron chi connectivity index (χ0n) is 36.4. The van der Waals surface area contributed by atoms with Crippen LogP contribution in [0.2, 0.25) is 0 Å². The molecule has 5 rings (SSSR count). The lowest BCUT2D eigenvalue weighted by molar-refractivity contribution is -0.138. The number of carboxylic acid groups (broad SMARTS) is 1. The van der Waals surface area contributed by atoms with Gasteiger partial charge in [0.05, 0.1) is 36.4 Å². The molecule has 10 nitrogen and oxygen atoms in total. The first-order valence-electron chi connectivity index (χ1n) is 22.9. The van der Waals surface area contributed by atoms with Crippen LogP contribution in [0.3, 0.4) is 0 Å². The van der Waals surface area contributed by atoms with E-state index < -0.39 is 48.4 Å². The molecule has 1 fully saturated rings. The molecule has 2 aliphatic heterocycles. The number of allylic oxidation sites excluding steroid dienone is 2. The molecule has 9 N–H and O–H groups in total. The number of fused-ring (bicyclic) bond motifs is 2. The molecular weight excluding hydrogens is 769 g/mol. The summed E-state index contributed by atoms with van der Waals surface area (Å²) in [6.45, 7) is 3.75. The molecule has 334 valence electrons. The predicted octanol–water partition coefficient (Wildman–Crippen LogP) is 6.43. The molecule has 10 heteroatoms. The molecule has 0 bridgehead atoms. The van der Waals surface area contributed by atoms with Crippen molar-refractivity contribution in [3.8, 4) is 17.6 Å². The van der Waals surface area contributed by atoms with Gasteiger partial charge < -0.3 is 46.4 Å². The van der Waals surface area contributed by atoms with Crippen molar-refractivity contribution in [3.05, 3.63) is 100 Å². The highest BCUT2D eigenvalue weighted by Gasteiger charge is 2.44. The molecule has 0 aromatic heterocycles. The van der Waals surface area contributed by atoms with E-state index in [4.69, 9.17) is 0 Å². The minimum Gasteiger partial charge on any atom is -0.508 e. The van der Waals surface area contributed by atoms with Crippen molar-refractivity contribution >= 4 is 5.97 Å². The predicted molar refractivity (Wildman–Crippen MR) is 241 cm³/mol. The van der Waals surface area contributed by atoms with E-state index in [1.165, 1.54) is 0 Å². The van der Waals surface area contributed by atoms with Gasteiger partial charge in [-0.25, -0.2) is 0 Å². The summed E-state index contributed by atoms with van der Waals surface area (Å²) >= 11 is 0. The Morgan fingerprint density at radius 1 is 1.02 bits per heavy atom. The van der Waals surface area contributed by atoms with E-state index >= 15 is 0 Å². The van der Waals surface area contributed by atoms with Gasteiger partial charge in [0.1, 0.15) is 5.75 Å². The molecule has 1 saturated heterocycles. The van der Waals surface area contributed by atoms with Crippen LogP contribution in [0.4, 0.5) is 0 Å². The van der Waals surface area contributed by atoms with Gasteiger partial charge in [0.25, 0.3) is 0 Å². The number of aromatic hydroxyl groups is 1. The second-order valence-corrected chi connectivity index (χ2v) is 17.9. The quantitative estimate of drug-likeness (QED) is 0.0435. The number of aliphatic hydroxyl groups excluding tert-OH is 4. The number of carboxylic acids is 1. The molecule has 0 saturated carbocycles. The van der Waals surface area contributed by atoms with Gasteiger partial charge in [0.15, 0.2) is 0 Å². The highest BCUT2D eigenvalue weighted by atomic mass is 16.4. The fourth-order valence-electron chi connectivity index (χ4n) is 9.79. The number of carbonyl (C=O) groups is 1. The highest BCUT2D eigenvalue weighted by molar-refractivity contribution is 5.67. The molecule has 2 heterocycles. The fourth-order valence-corrected chi connectivity index (χ4v) is 9.79. The minimum absolute atomic E-state index is 0.00245. The van der Waals surface area contributed by atoms with Crippen molar-refractivity contribution in [1.82, 2.24) is 10.6 Å². The number of phenolic OH excluding ortho intramolecular Hbond substituents is 1. The normalized spacial score (nSPS) is 26.9. The smallest absolute Gasteiger partial charge is 0.303 e. The van der Waals surface area contributed by atoms with E-state index in [0.29, 0.717) is 44.9 Å². The Kier molecular flexibility index (Phi) is 19.1. The Morgan fingerprint density at radius 2 is 1.84 bits per heavy atom. The number of rotatable bonds is 19. The summed E-state index contributed by atoms with van der Waals surface area (Å²) in [6.07, 6.45) is 17.0. The van der Waals surface area contributed by atoms with Crippen molar-refractivity contribution in [3.63, 3.8) is 0 Å². The molecule has 0 spiro atoms. The third kappa shape index (κ3) is 14.4. The van der Waals surface area contributed by atoms with E-state index in [-0.39, 0.29) is 49.6 Å². The van der Waals surface area contributed by atoms with Crippen molar-refractivity contribution < 1.29 is 40.5 Å². The van der Waals surface area contributed by atoms with Gasteiger partial charge in [-0.05, 0) is 123 Å². The first kappa shape index (κ1) is 48.2. The lowest BCUT2D eigenvalue weighted by Crippen LogP contribution is -2.59. The molecule has 2 aromatic rings. The van der Waals surface area contributed by atoms with Crippen LogP contribution in [-0.2, 0) is 24.1 Å². The van der Waals surface area contributed by atoms with Crippen molar-refractivity contribution in [2.45, 2.75) is 165 Å². The SMILES string of the molecule is CCCCC[C@H](O)C=CC1=C(C[C@H](O)CO)[C@H](CCC[C@H]2N[C@H](C)CCC[C@H]2CC(=O)O)N[C@@H]2[C@@H](C#Cc3ccccc3CC1)C=CC[C@]2(O)Cc1ccc(O)cc1CCO. The largest absolute Gasteiger partial charge is 0.508 e. The van der Waals surface area contributed by atoms with Gasteiger partial charge in [0, 0.05) is 43.1 Å². The number of aryl methyl sites for hydroxylation is 1. The zero-order chi connectivity index (χ0) is 43.8. The van der Waals surface area contributed by atoms with Crippen LogP contribution in [-0.4, -0.2) is 96.9 Å². The number of nitrogens with one attached hydrogen (secondary N) is 2. The van der Waals surface area contributed by atoms with Crippen molar-refractivity contribution in [1.29, 1.82) is 0 Å². The topological polar surface area (TPSA) is 183 Å². The number of benzene rings is 2. The van der Waals surface area contributed by atoms with Gasteiger partial charge in [0.2, 0.25) is 0 Å². The Hall–Kier alpha value is -3.79. The summed E-state index contributed by atoms with van der Waals surface area (Å²) in [7, 11) is 0. The average molecular weight is 841 g/mol. The third-order valence-electron chi connectivity index (χ3n) is 13.1. The van der Waals surface area contributed by atoms with Crippen LogP contribution < -0.4 is 10.6 Å². The number of hydrogen-bond donors (Lipinski definition) is 9. The van der Waals surface area contributed by atoms with Crippen molar-refractivity contribution in [2.24, 2.45) is 11.8 Å². The number of phenols is 1. The van der Waals surface area contributed by atoms with Gasteiger partial charge in [-0.3, -0.25) is 4.79 Å². The Labute approximate surface area is 363 Å². The standard InChI is InChI=1S/C51H72N2O8/c1-3-4-5-16-43(56)25-23-38-21-19-36-12-6-7-13-37(36)20-22-39-15-10-28-51(61,33-42-24-26-44(57)30-40(42)27-29-54)50(39)53-48(46(38)32-45(58)34-55)18-9-17-47-41(31-49(59)60)14-8-11-35(2)52-47/h6-7,10,12-13,15,23-26,30,35,39,41,43,45,47-48,50,52-58,61H,3-5,8-9,11,14,16-19,21,27-29,31-34H2,1-2H3,(H,59,60)/t35-,39-,41+,43+,45+,47-,48+,50-,51+/m1/s1. The zero-order valence-corrected chi connectivity index (χ0v) is 36.4. The molecule has 0 amide bonds. The summed E-state index contributed by atoms with van der Waals surface area (Å²) < 4.78 is 0. The van der Waals surface area contributed by atoms with E-state index in [1.54, 1.807) is 12.1 Å². The van der Waals surface area contributed by atoms with Crippen LogP contribution in [0.1, 0.15) is 126 Å². The lowest BCUT2D eigenvalue weighted by atomic mass is 9.73. The van der Waals surface area contributed by atoms with E-state index in [9.17, 15) is 40.5 Å². The van der Waals surface area contributed by atoms with Gasteiger partial charge in [-0.2, -0.15) is 0 Å². The maximum atomic E-state index is 13.0. The number of hydrogen-bond acceptors (Lipinski definition) is 9. The summed E-state index contributed by atoms with van der Waals surface area (Å²) in [5.41, 5.74) is 4.01. The second-order valence-electron chi connectivity index (χ2n) is 17.9. The number of aliphatic hydroxyl groups is 5. The first-order valence-corrected chi connectivity index (χ1v) is 22.9. The molecule has 2 aromatic carbocycles. The van der Waals surface area contributed by atoms with Crippen LogP contribution in [0.25, 0.3) is 0 Å². The van der Waals surface area contributed by atoms with E-state index in [2.05, 4.69) is 48.5 Å². The van der Waals surface area contributed by atoms with Gasteiger partial charge in [-0.15, -0.1) is 0 Å². The van der Waals surface area contributed by atoms with Gasteiger partial charge in [-0.1, -0.05) is 99.4 Å². The molecule has 0 unspecified atom stereocenters. The van der Waals surface area contributed by atoms with E-state index in [0.717, 1.165) is 78.3 Å². The molecule has 1 aliphatic carbocycles. The summed E-state index contributed by atoms with van der Waals surface area (Å²) in [5.74, 6) is 5.87. The summed E-state index contributed by atoms with van der Waals surface area (Å²) in [6, 6.07) is 12.4. The highest BCUT2D eigenvalue weighted by Crippen LogP contribution is 2.37. The Bertz CT molecular complexity index is 1860. The van der Waals surface area contributed by atoms with E-state index in [1.807, 2.05) is 42.5 Å². The fraction of sp³-hybridized carbons (Fsp3) is 0.588. The number of aliphatic carboxylic acids is 1. The van der Waals surface area contributed by atoms with Crippen LogP contribution in [0, 0.1) is 23.7 Å². The molecule has 3 aliphatic rings. The third-order valence-corrected chi connectivity index (χ3v) is 13.1. The van der Waals surface area contributed by atoms with Gasteiger partial charge >= 0.3 is 5.97 Å². The van der Waals surface area contributed by atoms with Crippen LogP contribution in [0.5, 0.6) is 5.75 Å². The van der Waals surface area contributed by atoms with Crippen molar-refractivity contribution in [2.75, 3.05) is 13.2 Å². The maximum absolute atomic E-state index is 13.0. The maximum Gasteiger partial charge on any atom is 0.303 e. The Morgan fingerprint density at radius 3 is 2.61 bits per heavy atom. The monoisotopic (exact) mass is 841 g/mol. The minimum atomic E-state index is -1.37. The average Bonchev–Trinajstić information content (AvgIpc) is 3.40. The lowest BCUT2D eigenvalue weighted by Gasteiger charge is -2.44. The second kappa shape index (κ2) is 24.2. The molecule has 9 atom stereocenters. The number of unbranched alkanes of at least 4 members (excludes halogenated alkanes) is 2. The molecule has 61 heavy (non-hydrogen) atoms. The Balaban J connectivity index is 1.65. The summed E-state index contributed by atoms with van der Waals surface area (Å²) in [4.78, 5) is 12.0. The van der Waals surface area contributed by atoms with Crippen LogP contribution >= 0.6 is 0 Å². The molecule has 0 radical (unpaired) electrons.